The predicted octanol–water partition coefficient (Wildman–Crippen LogP) is 3.50. The molecule has 1 heterocycles. The van der Waals surface area contributed by atoms with Crippen molar-refractivity contribution in [2.75, 3.05) is 11.4 Å². The summed E-state index contributed by atoms with van der Waals surface area (Å²) in [5, 5.41) is 4.88. The third kappa shape index (κ3) is 4.18. The fourth-order valence-electron chi connectivity index (χ4n) is 2.60. The van der Waals surface area contributed by atoms with Crippen LogP contribution in [0.15, 0.2) is 53.6 Å². The van der Waals surface area contributed by atoms with Gasteiger partial charge in [-0.1, -0.05) is 47.5 Å². The normalized spacial score (nSPS) is 17.3. The number of nitrogens with zero attached hydrogens (tertiary/aromatic N) is 2. The highest BCUT2D eigenvalue weighted by Crippen LogP contribution is 2.25. The second-order valence-corrected chi connectivity index (χ2v) is 6.48. The van der Waals surface area contributed by atoms with Crippen LogP contribution in [0.4, 0.5) is 5.69 Å². The van der Waals surface area contributed by atoms with Gasteiger partial charge in [-0.05, 0) is 24.3 Å². The molecule has 3 rings (SSSR count). The van der Waals surface area contributed by atoms with Gasteiger partial charge in [0, 0.05) is 29.2 Å². The van der Waals surface area contributed by atoms with Gasteiger partial charge >= 0.3 is 0 Å². The highest BCUT2D eigenvalue weighted by atomic mass is 35.5. The SMILES string of the molecule is O=C(N/N=C\c1ccc(Cl)cc1Cl)[C@@H]1CC(=O)N(c2ccccc2)C1. The Hall–Kier alpha value is -2.37. The molecule has 2 aromatic rings. The van der Waals surface area contributed by atoms with Gasteiger partial charge < -0.3 is 4.90 Å². The number of nitrogens with one attached hydrogen (secondary N) is 1. The van der Waals surface area contributed by atoms with Crippen LogP contribution in [0, 0.1) is 5.92 Å². The van der Waals surface area contributed by atoms with Gasteiger partial charge in [-0.2, -0.15) is 5.10 Å². The number of carbonyl (C=O) groups is 2. The number of hydrogen-bond donors (Lipinski definition) is 1. The second kappa shape index (κ2) is 7.68. The molecule has 0 unspecified atom stereocenters. The molecule has 1 atom stereocenters. The summed E-state index contributed by atoms with van der Waals surface area (Å²) in [5.74, 6) is -0.810. The molecule has 1 N–H and O–H groups in total. The Morgan fingerprint density at radius 2 is 1.96 bits per heavy atom. The van der Waals surface area contributed by atoms with Crippen LogP contribution >= 0.6 is 23.2 Å². The Morgan fingerprint density at radius 3 is 2.68 bits per heavy atom. The largest absolute Gasteiger partial charge is 0.312 e. The number of halogens is 2. The van der Waals surface area contributed by atoms with Crippen molar-refractivity contribution < 1.29 is 9.59 Å². The quantitative estimate of drug-likeness (QED) is 0.656. The summed E-state index contributed by atoms with van der Waals surface area (Å²) in [5.41, 5.74) is 3.90. The molecule has 0 radical (unpaired) electrons. The molecule has 7 heteroatoms. The molecule has 128 valence electrons. The third-order valence-corrected chi connectivity index (χ3v) is 4.47. The van der Waals surface area contributed by atoms with Gasteiger partial charge in [-0.3, -0.25) is 9.59 Å². The van der Waals surface area contributed by atoms with E-state index in [1.807, 2.05) is 30.3 Å². The number of hydrazone groups is 1. The standard InChI is InChI=1S/C18H15Cl2N3O2/c19-14-7-6-12(16(20)9-14)10-21-22-18(25)13-8-17(24)23(11-13)15-4-2-1-3-5-15/h1-7,9-10,13H,8,11H2,(H,22,25)/b21-10-/t13-/m1/s1. The summed E-state index contributed by atoms with van der Waals surface area (Å²) in [4.78, 5) is 26.0. The molecule has 1 aliphatic heterocycles. The van der Waals surface area contributed by atoms with Crippen LogP contribution in [-0.4, -0.2) is 24.6 Å². The molecule has 2 amide bonds. The summed E-state index contributed by atoms with van der Waals surface area (Å²) in [6.07, 6.45) is 1.61. The van der Waals surface area contributed by atoms with Gasteiger partial charge in [-0.15, -0.1) is 0 Å². The van der Waals surface area contributed by atoms with E-state index in [0.717, 1.165) is 5.69 Å². The lowest BCUT2D eigenvalue weighted by Crippen LogP contribution is -2.30. The lowest BCUT2D eigenvalue weighted by atomic mass is 10.1. The van der Waals surface area contributed by atoms with Crippen molar-refractivity contribution >= 4 is 46.9 Å². The van der Waals surface area contributed by atoms with E-state index in [2.05, 4.69) is 10.5 Å². The number of hydrogen-bond acceptors (Lipinski definition) is 3. The summed E-state index contributed by atoms with van der Waals surface area (Å²) in [7, 11) is 0. The number of benzene rings is 2. The summed E-state index contributed by atoms with van der Waals surface area (Å²) >= 11 is 11.9. The van der Waals surface area contributed by atoms with Gasteiger partial charge in [0.25, 0.3) is 0 Å². The first-order chi connectivity index (χ1) is 12.0. The van der Waals surface area contributed by atoms with Crippen LogP contribution in [0.2, 0.25) is 10.0 Å². The molecule has 1 aliphatic rings. The molecule has 0 aromatic heterocycles. The van der Waals surface area contributed by atoms with E-state index in [4.69, 9.17) is 23.2 Å². The monoisotopic (exact) mass is 375 g/mol. The van der Waals surface area contributed by atoms with Crippen molar-refractivity contribution in [2.24, 2.45) is 11.0 Å². The van der Waals surface area contributed by atoms with Crippen molar-refractivity contribution in [3.8, 4) is 0 Å². The van der Waals surface area contributed by atoms with Crippen molar-refractivity contribution in [3.05, 3.63) is 64.1 Å². The maximum Gasteiger partial charge on any atom is 0.245 e. The zero-order valence-electron chi connectivity index (χ0n) is 13.2. The fraction of sp³-hybridized carbons (Fsp3) is 0.167. The van der Waals surface area contributed by atoms with E-state index in [9.17, 15) is 9.59 Å². The van der Waals surface area contributed by atoms with Gasteiger partial charge in [0.05, 0.1) is 17.2 Å². The average molecular weight is 376 g/mol. The minimum atomic E-state index is -0.439. The first kappa shape index (κ1) is 17.5. The maximum absolute atomic E-state index is 12.2. The van der Waals surface area contributed by atoms with Crippen LogP contribution < -0.4 is 10.3 Å². The lowest BCUT2D eigenvalue weighted by Gasteiger charge is -2.16. The molecule has 25 heavy (non-hydrogen) atoms. The van der Waals surface area contributed by atoms with Crippen LogP contribution in [0.25, 0.3) is 0 Å². The number of para-hydroxylation sites is 1. The van der Waals surface area contributed by atoms with Crippen LogP contribution in [0.3, 0.4) is 0 Å². The third-order valence-electron chi connectivity index (χ3n) is 3.90. The smallest absolute Gasteiger partial charge is 0.245 e. The Balaban J connectivity index is 1.60. The van der Waals surface area contributed by atoms with Gasteiger partial charge in [0.2, 0.25) is 11.8 Å². The summed E-state index contributed by atoms with van der Waals surface area (Å²) in [6.45, 7) is 0.339. The van der Waals surface area contributed by atoms with Crippen molar-refractivity contribution in [3.63, 3.8) is 0 Å². The fourth-order valence-corrected chi connectivity index (χ4v) is 3.06. The number of anilines is 1. The van der Waals surface area contributed by atoms with Gasteiger partial charge in [0.1, 0.15) is 0 Å². The molecule has 2 aromatic carbocycles. The number of rotatable bonds is 4. The molecular formula is C18H15Cl2N3O2. The minimum Gasteiger partial charge on any atom is -0.312 e. The van der Waals surface area contributed by atoms with Crippen molar-refractivity contribution in [1.82, 2.24) is 5.43 Å². The van der Waals surface area contributed by atoms with Gasteiger partial charge in [-0.25, -0.2) is 5.43 Å². The topological polar surface area (TPSA) is 61.8 Å². The minimum absolute atomic E-state index is 0.0731. The van der Waals surface area contributed by atoms with Crippen molar-refractivity contribution in [2.45, 2.75) is 6.42 Å². The lowest BCUT2D eigenvalue weighted by molar-refractivity contribution is -0.126. The Bertz CT molecular complexity index is 824. The Labute approximate surface area is 155 Å². The van der Waals surface area contributed by atoms with E-state index in [0.29, 0.717) is 22.2 Å². The second-order valence-electron chi connectivity index (χ2n) is 5.64. The van der Waals surface area contributed by atoms with Gasteiger partial charge in [0.15, 0.2) is 0 Å². The van der Waals surface area contributed by atoms with E-state index in [1.54, 1.807) is 23.1 Å². The van der Waals surface area contributed by atoms with Crippen LogP contribution in [0.5, 0.6) is 0 Å². The molecule has 5 nitrogen and oxygen atoms in total. The summed E-state index contributed by atoms with van der Waals surface area (Å²) < 4.78 is 0. The van der Waals surface area contributed by atoms with E-state index in [-0.39, 0.29) is 18.2 Å². The molecule has 0 bridgehead atoms. The Kier molecular flexibility index (Phi) is 5.36. The highest BCUT2D eigenvalue weighted by molar-refractivity contribution is 6.36. The average Bonchev–Trinajstić information content (AvgIpc) is 2.99. The number of carbonyl (C=O) groups excluding carboxylic acids is 2. The van der Waals surface area contributed by atoms with Crippen LogP contribution in [0.1, 0.15) is 12.0 Å². The van der Waals surface area contributed by atoms with E-state index < -0.39 is 5.92 Å². The maximum atomic E-state index is 12.2. The predicted molar refractivity (Wildman–Crippen MR) is 99.1 cm³/mol. The zero-order valence-corrected chi connectivity index (χ0v) is 14.7. The first-order valence-electron chi connectivity index (χ1n) is 7.68. The molecule has 1 fully saturated rings. The first-order valence-corrected chi connectivity index (χ1v) is 8.43. The molecular weight excluding hydrogens is 361 g/mol. The zero-order chi connectivity index (χ0) is 17.8. The Morgan fingerprint density at radius 1 is 1.20 bits per heavy atom. The van der Waals surface area contributed by atoms with Crippen molar-refractivity contribution in [1.29, 1.82) is 0 Å². The van der Waals surface area contributed by atoms with Crippen LogP contribution in [-0.2, 0) is 9.59 Å². The highest BCUT2D eigenvalue weighted by Gasteiger charge is 2.34. The molecule has 1 saturated heterocycles. The molecule has 0 saturated carbocycles. The van der Waals surface area contributed by atoms with E-state index in [1.165, 1.54) is 6.21 Å². The van der Waals surface area contributed by atoms with E-state index >= 15 is 0 Å². The molecule has 0 spiro atoms. The summed E-state index contributed by atoms with van der Waals surface area (Å²) in [6, 6.07) is 14.3. The number of amides is 2. The molecule has 0 aliphatic carbocycles.